The van der Waals surface area contributed by atoms with E-state index in [1.165, 1.54) is 0 Å². The van der Waals surface area contributed by atoms with Crippen molar-refractivity contribution in [3.05, 3.63) is 111 Å². The Hall–Kier alpha value is -5.80. The van der Waals surface area contributed by atoms with E-state index >= 15 is 0 Å². The number of carbonyl (C=O) groups excluding carboxylic acids is 1. The predicted octanol–water partition coefficient (Wildman–Crippen LogP) is 3.74. The van der Waals surface area contributed by atoms with Crippen molar-refractivity contribution in [1.29, 1.82) is 5.26 Å². The first-order valence-corrected chi connectivity index (χ1v) is 13.9. The first-order valence-electron chi connectivity index (χ1n) is 13.9. The topological polar surface area (TPSA) is 175 Å². The molecule has 0 spiro atoms. The molecule has 5 aromatic rings. The van der Waals surface area contributed by atoms with Gasteiger partial charge in [0.2, 0.25) is 5.95 Å². The molecule has 2 heterocycles. The first kappa shape index (κ1) is 29.7. The van der Waals surface area contributed by atoms with E-state index in [0.29, 0.717) is 71.0 Å². The van der Waals surface area contributed by atoms with E-state index in [0.717, 1.165) is 11.3 Å². The third-order valence-corrected chi connectivity index (χ3v) is 7.20. The molecule has 0 aliphatic carbocycles. The van der Waals surface area contributed by atoms with Crippen LogP contribution in [-0.2, 0) is 13.0 Å². The van der Waals surface area contributed by atoms with Crippen molar-refractivity contribution >= 4 is 34.3 Å². The number of nitrogens with one attached hydrogen (secondary N) is 2. The number of para-hydroxylation sites is 1. The van der Waals surface area contributed by atoms with Crippen molar-refractivity contribution in [1.82, 2.24) is 25.0 Å². The highest BCUT2D eigenvalue weighted by Gasteiger charge is 2.18. The van der Waals surface area contributed by atoms with Gasteiger partial charge in [-0.25, -0.2) is 15.4 Å². The van der Waals surface area contributed by atoms with Gasteiger partial charge in [0, 0.05) is 32.1 Å². The first-order chi connectivity index (χ1) is 21.3. The number of amides is 1. The number of nitrogen functional groups attached to an aromatic ring is 1. The average Bonchev–Trinajstić information content (AvgIpc) is 3.03. The van der Waals surface area contributed by atoms with Crippen LogP contribution in [0.25, 0.3) is 16.6 Å². The molecule has 44 heavy (non-hydrogen) atoms. The van der Waals surface area contributed by atoms with Crippen molar-refractivity contribution in [3.63, 3.8) is 0 Å². The second kappa shape index (κ2) is 13.0. The third-order valence-electron chi connectivity index (χ3n) is 7.20. The molecular weight excluding hydrogens is 558 g/mol. The van der Waals surface area contributed by atoms with Crippen LogP contribution in [0.1, 0.15) is 39.4 Å². The van der Waals surface area contributed by atoms with Gasteiger partial charge >= 0.3 is 0 Å². The van der Waals surface area contributed by atoms with Gasteiger partial charge in [-0.3, -0.25) is 19.4 Å². The molecule has 3 aromatic carbocycles. The third kappa shape index (κ3) is 6.18. The number of aryl methyl sites for hydroxylation is 2. The minimum Gasteiger partial charge on any atom is -0.370 e. The number of hydrogen-bond acceptors (Lipinski definition) is 10. The average molecular weight is 590 g/mol. The molecule has 222 valence electrons. The Labute approximate surface area is 253 Å². The smallest absolute Gasteiger partial charge is 0.274 e. The van der Waals surface area contributed by atoms with Crippen molar-refractivity contribution < 1.29 is 10.0 Å². The number of hydroxylamine groups is 1. The molecule has 0 saturated carbocycles. The number of nitrogens with zero attached hydrogens (tertiary/aromatic N) is 6. The van der Waals surface area contributed by atoms with Crippen molar-refractivity contribution in [2.24, 2.45) is 0 Å². The normalized spacial score (nSPS) is 10.8. The maximum Gasteiger partial charge on any atom is 0.274 e. The fourth-order valence-electron chi connectivity index (χ4n) is 5.08. The minimum absolute atomic E-state index is 0.0880. The van der Waals surface area contributed by atoms with Gasteiger partial charge in [-0.1, -0.05) is 36.4 Å². The fourth-order valence-corrected chi connectivity index (χ4v) is 5.08. The van der Waals surface area contributed by atoms with Crippen LogP contribution in [0, 0.1) is 18.3 Å². The Kier molecular flexibility index (Phi) is 8.78. The number of nitrogens with two attached hydrogens (primary N) is 1. The lowest BCUT2D eigenvalue weighted by Gasteiger charge is -2.22. The Balaban J connectivity index is 1.45. The quantitative estimate of drug-likeness (QED) is 0.107. The van der Waals surface area contributed by atoms with Gasteiger partial charge in [-0.2, -0.15) is 10.2 Å². The standard InChI is InChI=1S/C32H31N9O3/c1-20-24(18-33)29(38-32(34)36-20)35-17-7-12-27-37-25-10-6-11-26(28(25)31(43)41(27)23-8-4-3-5-9-23)40(2)19-21-13-15-22(16-14-21)30(42)39-44/h3-6,8-11,13-16,44H,7,12,17,19H2,1-2H3,(H,39,42)(H3,34,35,36,38). The van der Waals surface area contributed by atoms with Crippen LogP contribution in [0.3, 0.4) is 0 Å². The molecule has 12 nitrogen and oxygen atoms in total. The summed E-state index contributed by atoms with van der Waals surface area (Å²) in [5, 5.41) is 22.1. The van der Waals surface area contributed by atoms with Crippen LogP contribution in [0.5, 0.6) is 0 Å². The number of benzene rings is 3. The predicted molar refractivity (Wildman–Crippen MR) is 168 cm³/mol. The van der Waals surface area contributed by atoms with E-state index < -0.39 is 5.91 Å². The van der Waals surface area contributed by atoms with E-state index in [4.69, 9.17) is 15.9 Å². The van der Waals surface area contributed by atoms with E-state index in [2.05, 4.69) is 21.4 Å². The maximum absolute atomic E-state index is 14.2. The highest BCUT2D eigenvalue weighted by Crippen LogP contribution is 2.25. The summed E-state index contributed by atoms with van der Waals surface area (Å²) in [5.41, 5.74) is 11.3. The SMILES string of the molecule is Cc1nc(N)nc(NCCCc2nc3cccc(N(C)Cc4ccc(C(=O)NO)cc4)c3c(=O)n2-c2ccccc2)c1C#N. The lowest BCUT2D eigenvalue weighted by atomic mass is 10.1. The minimum atomic E-state index is -0.584. The largest absolute Gasteiger partial charge is 0.370 e. The van der Waals surface area contributed by atoms with E-state index in [-0.39, 0.29) is 11.5 Å². The number of nitriles is 1. The fraction of sp³-hybridized carbons (Fsp3) is 0.188. The summed E-state index contributed by atoms with van der Waals surface area (Å²) in [7, 11) is 1.89. The van der Waals surface area contributed by atoms with Gasteiger partial charge in [-0.15, -0.1) is 0 Å². The lowest BCUT2D eigenvalue weighted by molar-refractivity contribution is 0.0706. The van der Waals surface area contributed by atoms with Gasteiger partial charge < -0.3 is 16.0 Å². The summed E-state index contributed by atoms with van der Waals surface area (Å²) in [5.74, 6) is 0.485. The molecule has 0 radical (unpaired) electrons. The number of aromatic nitrogens is 4. The van der Waals surface area contributed by atoms with Gasteiger partial charge in [0.15, 0.2) is 0 Å². The summed E-state index contributed by atoms with van der Waals surface area (Å²) in [6.45, 7) is 2.64. The van der Waals surface area contributed by atoms with Crippen LogP contribution in [0.2, 0.25) is 0 Å². The summed E-state index contributed by atoms with van der Waals surface area (Å²) >= 11 is 0. The van der Waals surface area contributed by atoms with E-state index in [9.17, 15) is 14.9 Å². The van der Waals surface area contributed by atoms with E-state index in [1.807, 2.05) is 60.5 Å². The summed E-state index contributed by atoms with van der Waals surface area (Å²) in [4.78, 5) is 41.1. The maximum atomic E-state index is 14.2. The van der Waals surface area contributed by atoms with Crippen LogP contribution in [0.4, 0.5) is 17.5 Å². The second-order valence-electron chi connectivity index (χ2n) is 10.2. The lowest BCUT2D eigenvalue weighted by Crippen LogP contribution is -2.27. The molecule has 5 N–H and O–H groups in total. The Morgan fingerprint density at radius 1 is 1.05 bits per heavy atom. The molecule has 0 bridgehead atoms. The second-order valence-corrected chi connectivity index (χ2v) is 10.2. The molecule has 0 aliphatic heterocycles. The van der Waals surface area contributed by atoms with Crippen molar-refractivity contribution in [3.8, 4) is 11.8 Å². The van der Waals surface area contributed by atoms with Crippen LogP contribution in [0.15, 0.2) is 77.6 Å². The molecule has 0 aliphatic rings. The van der Waals surface area contributed by atoms with Gasteiger partial charge in [0.1, 0.15) is 23.3 Å². The Bertz CT molecular complexity index is 1920. The van der Waals surface area contributed by atoms with Gasteiger partial charge in [0.05, 0.1) is 28.0 Å². The van der Waals surface area contributed by atoms with Gasteiger partial charge in [0.25, 0.3) is 11.5 Å². The molecule has 2 aromatic heterocycles. The highest BCUT2D eigenvalue weighted by molar-refractivity contribution is 5.93. The zero-order chi connectivity index (χ0) is 31.2. The van der Waals surface area contributed by atoms with Crippen LogP contribution >= 0.6 is 0 Å². The summed E-state index contributed by atoms with van der Waals surface area (Å²) in [6, 6.07) is 24.0. The van der Waals surface area contributed by atoms with Crippen molar-refractivity contribution in [2.75, 3.05) is 29.5 Å². The molecule has 12 heteroatoms. The number of rotatable bonds is 10. The summed E-state index contributed by atoms with van der Waals surface area (Å²) < 4.78 is 1.65. The molecule has 1 amide bonds. The van der Waals surface area contributed by atoms with Crippen LogP contribution in [-0.4, -0.2) is 44.2 Å². The summed E-state index contributed by atoms with van der Waals surface area (Å²) in [6.07, 6.45) is 1.07. The Morgan fingerprint density at radius 3 is 2.50 bits per heavy atom. The molecule has 0 fully saturated rings. The molecule has 0 unspecified atom stereocenters. The molecule has 0 saturated heterocycles. The number of anilines is 3. The van der Waals surface area contributed by atoms with Crippen molar-refractivity contribution in [2.45, 2.75) is 26.3 Å². The number of carbonyl (C=O) groups is 1. The van der Waals surface area contributed by atoms with E-state index in [1.54, 1.807) is 41.2 Å². The molecule has 0 atom stereocenters. The highest BCUT2D eigenvalue weighted by atomic mass is 16.5. The Morgan fingerprint density at radius 2 is 1.80 bits per heavy atom. The number of fused-ring (bicyclic) bond motifs is 1. The van der Waals surface area contributed by atoms with Gasteiger partial charge in [-0.05, 0) is 55.3 Å². The molecular formula is C32H31N9O3. The zero-order valence-corrected chi connectivity index (χ0v) is 24.3. The zero-order valence-electron chi connectivity index (χ0n) is 24.3. The van der Waals surface area contributed by atoms with Crippen LogP contribution < -0.4 is 27.0 Å². The molecule has 5 rings (SSSR count). The number of hydrogen-bond donors (Lipinski definition) is 4. The monoisotopic (exact) mass is 589 g/mol.